The third kappa shape index (κ3) is 7.04. The summed E-state index contributed by atoms with van der Waals surface area (Å²) in [6.07, 6.45) is -0.336. The molecule has 0 bridgehead atoms. The Hall–Kier alpha value is -2.24. The highest BCUT2D eigenvalue weighted by Crippen LogP contribution is 2.19. The van der Waals surface area contributed by atoms with Gasteiger partial charge in [-0.1, -0.05) is 12.1 Å². The van der Waals surface area contributed by atoms with E-state index in [0.717, 1.165) is 11.3 Å². The van der Waals surface area contributed by atoms with E-state index in [1.54, 1.807) is 6.92 Å². The molecule has 0 saturated heterocycles. The zero-order valence-corrected chi connectivity index (χ0v) is 14.3. The number of esters is 1. The fourth-order valence-corrected chi connectivity index (χ4v) is 1.93. The molecule has 0 fully saturated rings. The molecule has 6 nitrogen and oxygen atoms in total. The van der Waals surface area contributed by atoms with E-state index < -0.39 is 18.1 Å². The largest absolute Gasteiger partial charge is 0.488 e. The molecule has 1 amide bonds. The molecule has 0 radical (unpaired) electrons. The fourth-order valence-electron chi connectivity index (χ4n) is 1.93. The van der Waals surface area contributed by atoms with Gasteiger partial charge in [0.15, 0.2) is 0 Å². The Labute approximate surface area is 137 Å². The average molecular weight is 323 g/mol. The van der Waals surface area contributed by atoms with Gasteiger partial charge in [0.25, 0.3) is 0 Å². The summed E-state index contributed by atoms with van der Waals surface area (Å²) >= 11 is 0. The normalized spacial score (nSPS) is 12.2. The quantitative estimate of drug-likeness (QED) is 0.815. The Morgan fingerprint density at radius 3 is 2.26 bits per heavy atom. The lowest BCUT2D eigenvalue weighted by Gasteiger charge is -2.21. The second-order valence-corrected chi connectivity index (χ2v) is 6.00. The molecular weight excluding hydrogens is 298 g/mol. The van der Waals surface area contributed by atoms with Crippen LogP contribution in [0, 0.1) is 0 Å². The number of methoxy groups -OCH3 is 1. The molecule has 6 heteroatoms. The molecule has 0 aliphatic rings. The second-order valence-electron chi connectivity index (χ2n) is 6.00. The number of hydrogen-bond acceptors (Lipinski definition) is 5. The van der Waals surface area contributed by atoms with Crippen molar-refractivity contribution in [3.05, 3.63) is 29.8 Å². The first kappa shape index (κ1) is 18.8. The van der Waals surface area contributed by atoms with Crippen molar-refractivity contribution in [1.82, 2.24) is 5.32 Å². The lowest BCUT2D eigenvalue weighted by atomic mass is 10.1. The molecule has 23 heavy (non-hydrogen) atoms. The van der Waals surface area contributed by atoms with Crippen LogP contribution in [0.15, 0.2) is 24.3 Å². The maximum absolute atomic E-state index is 11.8. The lowest BCUT2D eigenvalue weighted by Crippen LogP contribution is -2.43. The zero-order valence-electron chi connectivity index (χ0n) is 14.3. The van der Waals surface area contributed by atoms with E-state index in [2.05, 4.69) is 5.32 Å². The number of nitrogens with one attached hydrogen (secondary N) is 1. The van der Waals surface area contributed by atoms with Crippen LogP contribution < -0.4 is 10.1 Å². The smallest absolute Gasteiger partial charge is 0.407 e. The molecule has 1 atom stereocenters. The SMILES string of the molecule is CCOC(=O)N[C@@H](Cc1ccc(OC(C)(C)C)cc1)C(=O)OC. The van der Waals surface area contributed by atoms with Crippen LogP contribution in [0.3, 0.4) is 0 Å². The Balaban J connectivity index is 2.75. The number of rotatable bonds is 6. The van der Waals surface area contributed by atoms with Crippen molar-refractivity contribution >= 4 is 12.1 Å². The summed E-state index contributed by atoms with van der Waals surface area (Å²) in [7, 11) is 1.28. The van der Waals surface area contributed by atoms with Crippen LogP contribution in [0.2, 0.25) is 0 Å². The molecular formula is C17H25NO5. The molecule has 1 rings (SSSR count). The minimum atomic E-state index is -0.798. The summed E-state index contributed by atoms with van der Waals surface area (Å²) in [5.41, 5.74) is 0.597. The van der Waals surface area contributed by atoms with E-state index in [0.29, 0.717) is 6.42 Å². The van der Waals surface area contributed by atoms with E-state index >= 15 is 0 Å². The highest BCUT2D eigenvalue weighted by Gasteiger charge is 2.22. The monoisotopic (exact) mass is 323 g/mol. The van der Waals surface area contributed by atoms with E-state index in [-0.39, 0.29) is 12.2 Å². The molecule has 0 unspecified atom stereocenters. The summed E-state index contributed by atoms with van der Waals surface area (Å²) in [4.78, 5) is 23.3. The topological polar surface area (TPSA) is 73.9 Å². The predicted molar refractivity (Wildman–Crippen MR) is 86.5 cm³/mol. The van der Waals surface area contributed by atoms with Crippen LogP contribution in [0.1, 0.15) is 33.3 Å². The van der Waals surface area contributed by atoms with Crippen LogP contribution in [0.25, 0.3) is 0 Å². The molecule has 0 aliphatic carbocycles. The van der Waals surface area contributed by atoms with Crippen LogP contribution in [0.4, 0.5) is 4.79 Å². The van der Waals surface area contributed by atoms with E-state index in [9.17, 15) is 9.59 Å². The van der Waals surface area contributed by atoms with Gasteiger partial charge in [0.2, 0.25) is 0 Å². The first-order valence-electron chi connectivity index (χ1n) is 7.54. The summed E-state index contributed by atoms with van der Waals surface area (Å²) in [5, 5.41) is 2.50. The van der Waals surface area contributed by atoms with E-state index in [1.165, 1.54) is 7.11 Å². The molecule has 1 aromatic rings. The number of carbonyl (C=O) groups excluding carboxylic acids is 2. The molecule has 1 N–H and O–H groups in total. The summed E-state index contributed by atoms with van der Waals surface area (Å²) in [6, 6.07) is 6.57. The maximum Gasteiger partial charge on any atom is 0.407 e. The molecule has 0 spiro atoms. The van der Waals surface area contributed by atoms with E-state index in [1.807, 2.05) is 45.0 Å². The fraction of sp³-hybridized carbons (Fsp3) is 0.529. The number of benzene rings is 1. The lowest BCUT2D eigenvalue weighted by molar-refractivity contribution is -0.142. The third-order valence-electron chi connectivity index (χ3n) is 2.84. The van der Waals surface area contributed by atoms with Gasteiger partial charge in [0.1, 0.15) is 17.4 Å². The van der Waals surface area contributed by atoms with Gasteiger partial charge in [-0.3, -0.25) is 0 Å². The van der Waals surface area contributed by atoms with Crippen LogP contribution in [-0.2, 0) is 20.7 Å². The minimum absolute atomic E-state index is 0.235. The van der Waals surface area contributed by atoms with Gasteiger partial charge in [-0.25, -0.2) is 9.59 Å². The van der Waals surface area contributed by atoms with Crippen molar-refractivity contribution < 1.29 is 23.8 Å². The Kier molecular flexibility index (Phi) is 6.88. The minimum Gasteiger partial charge on any atom is -0.488 e. The van der Waals surface area contributed by atoms with Crippen LogP contribution in [-0.4, -0.2) is 37.4 Å². The number of alkyl carbamates (subject to hydrolysis) is 1. The van der Waals surface area contributed by atoms with Gasteiger partial charge in [-0.2, -0.15) is 0 Å². The van der Waals surface area contributed by atoms with Crippen molar-refractivity contribution in [2.75, 3.05) is 13.7 Å². The zero-order chi connectivity index (χ0) is 17.5. The van der Waals surface area contributed by atoms with Gasteiger partial charge >= 0.3 is 12.1 Å². The second kappa shape index (κ2) is 8.41. The van der Waals surface area contributed by atoms with Crippen molar-refractivity contribution in [1.29, 1.82) is 0 Å². The predicted octanol–water partition coefficient (Wildman–Crippen LogP) is 2.69. The summed E-state index contributed by atoms with van der Waals surface area (Å²) < 4.78 is 15.3. The van der Waals surface area contributed by atoms with Crippen LogP contribution >= 0.6 is 0 Å². The number of hydrogen-bond donors (Lipinski definition) is 1. The molecule has 0 aliphatic heterocycles. The highest BCUT2D eigenvalue weighted by atomic mass is 16.6. The first-order valence-corrected chi connectivity index (χ1v) is 7.54. The standard InChI is InChI=1S/C17H25NO5/c1-6-22-16(20)18-14(15(19)21-5)11-12-7-9-13(10-8-12)23-17(2,3)4/h7-10,14H,6,11H2,1-5H3,(H,18,20)/t14-/m0/s1. The molecule has 128 valence electrons. The van der Waals surface area contributed by atoms with Crippen molar-refractivity contribution in [2.45, 2.75) is 45.8 Å². The van der Waals surface area contributed by atoms with Crippen LogP contribution in [0.5, 0.6) is 5.75 Å². The molecule has 0 saturated carbocycles. The number of ether oxygens (including phenoxy) is 3. The highest BCUT2D eigenvalue weighted by molar-refractivity contribution is 5.81. The van der Waals surface area contributed by atoms with Gasteiger partial charge < -0.3 is 19.5 Å². The van der Waals surface area contributed by atoms with Gasteiger partial charge in [0, 0.05) is 6.42 Å². The van der Waals surface area contributed by atoms with Crippen molar-refractivity contribution in [2.24, 2.45) is 0 Å². The van der Waals surface area contributed by atoms with Gasteiger partial charge in [-0.05, 0) is 45.4 Å². The number of amides is 1. The van der Waals surface area contributed by atoms with Crippen molar-refractivity contribution in [3.63, 3.8) is 0 Å². The summed E-state index contributed by atoms with van der Waals surface area (Å²) in [5.74, 6) is 0.224. The summed E-state index contributed by atoms with van der Waals surface area (Å²) in [6.45, 7) is 7.84. The van der Waals surface area contributed by atoms with Gasteiger partial charge in [-0.15, -0.1) is 0 Å². The maximum atomic E-state index is 11.8. The van der Waals surface area contributed by atoms with Crippen molar-refractivity contribution in [3.8, 4) is 5.75 Å². The Bertz CT molecular complexity index is 519. The van der Waals surface area contributed by atoms with E-state index in [4.69, 9.17) is 14.2 Å². The number of carbonyl (C=O) groups is 2. The molecule has 0 aromatic heterocycles. The Morgan fingerprint density at radius 2 is 1.78 bits per heavy atom. The first-order chi connectivity index (χ1) is 10.7. The molecule has 0 heterocycles. The Morgan fingerprint density at radius 1 is 1.17 bits per heavy atom. The van der Waals surface area contributed by atoms with Gasteiger partial charge in [0.05, 0.1) is 13.7 Å². The average Bonchev–Trinajstić information content (AvgIpc) is 2.46. The molecule has 1 aromatic carbocycles. The third-order valence-corrected chi connectivity index (χ3v) is 2.84.